The van der Waals surface area contributed by atoms with Crippen LogP contribution in [0.15, 0.2) is 24.3 Å². The van der Waals surface area contributed by atoms with Crippen LogP contribution in [0.5, 0.6) is 0 Å². The lowest BCUT2D eigenvalue weighted by atomic mass is 10.1. The molecule has 1 aromatic rings. The summed E-state index contributed by atoms with van der Waals surface area (Å²) < 4.78 is 0. The fourth-order valence-electron chi connectivity index (χ4n) is 1.79. The number of halogens is 1. The molecule has 0 aliphatic heterocycles. The number of carboxylic acid groups (broad SMARTS) is 1. The van der Waals surface area contributed by atoms with E-state index in [4.69, 9.17) is 10.8 Å². The molecule has 1 aliphatic carbocycles. The van der Waals surface area contributed by atoms with Crippen LogP contribution in [0.3, 0.4) is 0 Å². The van der Waals surface area contributed by atoms with Gasteiger partial charge in [-0.05, 0) is 23.5 Å². The van der Waals surface area contributed by atoms with Gasteiger partial charge in [0.25, 0.3) is 0 Å². The largest absolute Gasteiger partial charge is 0.481 e. The molecule has 0 aromatic heterocycles. The Kier molecular flexibility index (Phi) is 3.72. The van der Waals surface area contributed by atoms with E-state index in [1.165, 1.54) is 0 Å². The average molecular weight is 228 g/mol. The highest BCUT2D eigenvalue weighted by molar-refractivity contribution is 5.85. The Bertz CT molecular complexity index is 367. The van der Waals surface area contributed by atoms with E-state index < -0.39 is 5.97 Å². The molecule has 0 amide bonds. The Balaban J connectivity index is 0.00000112. The smallest absolute Gasteiger partial charge is 0.307 e. The van der Waals surface area contributed by atoms with Crippen molar-refractivity contribution in [3.05, 3.63) is 35.4 Å². The SMILES string of the molecule is Cl.NCc1cccc(C2CC2C(=O)O)c1. The van der Waals surface area contributed by atoms with Crippen LogP contribution in [-0.2, 0) is 11.3 Å². The van der Waals surface area contributed by atoms with E-state index in [0.717, 1.165) is 17.5 Å². The summed E-state index contributed by atoms with van der Waals surface area (Å²) in [6, 6.07) is 7.89. The highest BCUT2D eigenvalue weighted by Gasteiger charge is 2.44. The minimum atomic E-state index is -0.687. The lowest BCUT2D eigenvalue weighted by Gasteiger charge is -2.01. The monoisotopic (exact) mass is 227 g/mol. The zero-order valence-electron chi connectivity index (χ0n) is 8.22. The summed E-state index contributed by atoms with van der Waals surface area (Å²) in [5.74, 6) is -0.657. The highest BCUT2D eigenvalue weighted by atomic mass is 35.5. The number of hydrogen-bond donors (Lipinski definition) is 2. The van der Waals surface area contributed by atoms with Crippen molar-refractivity contribution in [3.63, 3.8) is 0 Å². The van der Waals surface area contributed by atoms with Gasteiger partial charge in [0.15, 0.2) is 0 Å². The van der Waals surface area contributed by atoms with Crippen molar-refractivity contribution in [2.45, 2.75) is 18.9 Å². The first kappa shape index (κ1) is 12.0. The fourth-order valence-corrected chi connectivity index (χ4v) is 1.79. The minimum absolute atomic E-state index is 0. The molecule has 0 spiro atoms. The Morgan fingerprint density at radius 3 is 2.80 bits per heavy atom. The molecule has 0 heterocycles. The van der Waals surface area contributed by atoms with Crippen molar-refractivity contribution in [2.75, 3.05) is 0 Å². The topological polar surface area (TPSA) is 63.3 Å². The zero-order valence-corrected chi connectivity index (χ0v) is 9.04. The van der Waals surface area contributed by atoms with Crippen LogP contribution < -0.4 is 5.73 Å². The predicted octanol–water partition coefficient (Wildman–Crippen LogP) is 1.76. The molecule has 1 aliphatic rings. The maximum atomic E-state index is 10.7. The molecule has 1 saturated carbocycles. The maximum Gasteiger partial charge on any atom is 0.307 e. The van der Waals surface area contributed by atoms with Gasteiger partial charge in [-0.2, -0.15) is 0 Å². The third kappa shape index (κ3) is 2.49. The molecule has 15 heavy (non-hydrogen) atoms. The molecule has 3 nitrogen and oxygen atoms in total. The third-order valence-electron chi connectivity index (χ3n) is 2.72. The quantitative estimate of drug-likeness (QED) is 0.827. The van der Waals surface area contributed by atoms with Gasteiger partial charge in [-0.15, -0.1) is 12.4 Å². The van der Waals surface area contributed by atoms with E-state index in [-0.39, 0.29) is 24.2 Å². The van der Waals surface area contributed by atoms with Gasteiger partial charge < -0.3 is 10.8 Å². The molecular weight excluding hydrogens is 214 g/mol. The Morgan fingerprint density at radius 1 is 1.53 bits per heavy atom. The van der Waals surface area contributed by atoms with Gasteiger partial charge in [0.1, 0.15) is 0 Å². The number of carboxylic acids is 1. The highest BCUT2D eigenvalue weighted by Crippen LogP contribution is 2.47. The average Bonchev–Trinajstić information content (AvgIpc) is 2.97. The summed E-state index contributed by atoms with van der Waals surface area (Å²) in [6.45, 7) is 0.512. The number of nitrogens with two attached hydrogens (primary N) is 1. The van der Waals surface area contributed by atoms with Crippen molar-refractivity contribution >= 4 is 18.4 Å². The van der Waals surface area contributed by atoms with Crippen molar-refractivity contribution in [2.24, 2.45) is 11.7 Å². The van der Waals surface area contributed by atoms with Gasteiger partial charge in [-0.25, -0.2) is 0 Å². The van der Waals surface area contributed by atoms with Crippen molar-refractivity contribution in [3.8, 4) is 0 Å². The van der Waals surface area contributed by atoms with Crippen LogP contribution in [0, 0.1) is 5.92 Å². The van der Waals surface area contributed by atoms with Crippen LogP contribution >= 0.6 is 12.4 Å². The molecule has 1 fully saturated rings. The molecule has 0 saturated heterocycles. The van der Waals surface area contributed by atoms with E-state index >= 15 is 0 Å². The normalized spacial score (nSPS) is 23.0. The fraction of sp³-hybridized carbons (Fsp3) is 0.364. The molecule has 3 N–H and O–H groups in total. The number of rotatable bonds is 3. The Hall–Kier alpha value is -1.06. The Labute approximate surface area is 94.7 Å². The first-order chi connectivity index (χ1) is 6.72. The van der Waals surface area contributed by atoms with E-state index in [0.29, 0.717) is 6.54 Å². The summed E-state index contributed by atoms with van der Waals surface area (Å²) in [5.41, 5.74) is 7.70. The van der Waals surface area contributed by atoms with Gasteiger partial charge in [0.05, 0.1) is 5.92 Å². The van der Waals surface area contributed by atoms with Gasteiger partial charge in [-0.1, -0.05) is 24.3 Å². The second kappa shape index (κ2) is 4.64. The van der Waals surface area contributed by atoms with Crippen LogP contribution in [0.1, 0.15) is 23.5 Å². The molecule has 1 aromatic carbocycles. The molecule has 2 atom stereocenters. The van der Waals surface area contributed by atoms with Crippen molar-refractivity contribution in [1.29, 1.82) is 0 Å². The van der Waals surface area contributed by atoms with E-state index in [1.807, 2.05) is 24.3 Å². The molecule has 0 bridgehead atoms. The Morgan fingerprint density at radius 2 is 2.27 bits per heavy atom. The van der Waals surface area contributed by atoms with Crippen LogP contribution in [0.25, 0.3) is 0 Å². The van der Waals surface area contributed by atoms with Crippen LogP contribution in [0.2, 0.25) is 0 Å². The molecular formula is C11H14ClNO2. The first-order valence-corrected chi connectivity index (χ1v) is 4.74. The minimum Gasteiger partial charge on any atom is -0.481 e. The van der Waals surface area contributed by atoms with Gasteiger partial charge in [0, 0.05) is 6.54 Å². The summed E-state index contributed by atoms with van der Waals surface area (Å²) in [6.07, 6.45) is 0.767. The summed E-state index contributed by atoms with van der Waals surface area (Å²) in [5, 5.41) is 8.79. The molecule has 4 heteroatoms. The van der Waals surface area contributed by atoms with E-state index in [1.54, 1.807) is 0 Å². The molecule has 2 unspecified atom stereocenters. The lowest BCUT2D eigenvalue weighted by molar-refractivity contribution is -0.138. The number of carbonyl (C=O) groups is 1. The molecule has 0 radical (unpaired) electrons. The van der Waals surface area contributed by atoms with E-state index in [9.17, 15) is 4.79 Å². The standard InChI is InChI=1S/C11H13NO2.ClH/c12-6-7-2-1-3-8(4-7)9-5-10(9)11(13)14;/h1-4,9-10H,5-6,12H2,(H,13,14);1H. The van der Waals surface area contributed by atoms with Crippen LogP contribution in [0.4, 0.5) is 0 Å². The van der Waals surface area contributed by atoms with Gasteiger partial charge in [-0.3, -0.25) is 4.79 Å². The summed E-state index contributed by atoms with van der Waals surface area (Å²) in [4.78, 5) is 10.7. The number of aliphatic carboxylic acids is 1. The second-order valence-corrected chi connectivity index (χ2v) is 3.74. The number of hydrogen-bond acceptors (Lipinski definition) is 2. The van der Waals surface area contributed by atoms with Crippen LogP contribution in [-0.4, -0.2) is 11.1 Å². The summed E-state index contributed by atoms with van der Waals surface area (Å²) in [7, 11) is 0. The predicted molar refractivity (Wildman–Crippen MR) is 60.1 cm³/mol. The zero-order chi connectivity index (χ0) is 10.1. The van der Waals surface area contributed by atoms with Gasteiger partial charge >= 0.3 is 5.97 Å². The maximum absolute atomic E-state index is 10.7. The van der Waals surface area contributed by atoms with Gasteiger partial charge in [0.2, 0.25) is 0 Å². The lowest BCUT2D eigenvalue weighted by Crippen LogP contribution is -2.00. The first-order valence-electron chi connectivity index (χ1n) is 4.74. The summed E-state index contributed by atoms with van der Waals surface area (Å²) >= 11 is 0. The van der Waals surface area contributed by atoms with Crippen molar-refractivity contribution < 1.29 is 9.90 Å². The van der Waals surface area contributed by atoms with E-state index in [2.05, 4.69) is 0 Å². The molecule has 82 valence electrons. The molecule has 2 rings (SSSR count). The second-order valence-electron chi connectivity index (χ2n) is 3.74. The number of benzene rings is 1. The third-order valence-corrected chi connectivity index (χ3v) is 2.72. The van der Waals surface area contributed by atoms with Crippen molar-refractivity contribution in [1.82, 2.24) is 0 Å².